The summed E-state index contributed by atoms with van der Waals surface area (Å²) in [6.07, 6.45) is 52.6. The van der Waals surface area contributed by atoms with Crippen LogP contribution in [0.4, 0.5) is 5.69 Å². The van der Waals surface area contributed by atoms with Gasteiger partial charge in [0.2, 0.25) is 0 Å². The van der Waals surface area contributed by atoms with Gasteiger partial charge in [-0.05, 0) is 138 Å². The van der Waals surface area contributed by atoms with E-state index < -0.39 is 0 Å². The number of hydrogen-bond donors (Lipinski definition) is 0. The van der Waals surface area contributed by atoms with E-state index in [0.717, 1.165) is 44.9 Å². The Balaban J connectivity index is 1.07. The van der Waals surface area contributed by atoms with Crippen LogP contribution in [-0.2, 0) is 4.74 Å². The first-order valence-corrected chi connectivity index (χ1v) is 26.1. The van der Waals surface area contributed by atoms with Crippen LogP contribution >= 0.6 is 11.8 Å². The first-order chi connectivity index (χ1) is 30.7. The van der Waals surface area contributed by atoms with Crippen molar-refractivity contribution in [3.8, 4) is 0 Å². The van der Waals surface area contributed by atoms with E-state index >= 15 is 0 Å². The molecule has 7 unspecified atom stereocenters. The van der Waals surface area contributed by atoms with Crippen LogP contribution in [0.2, 0.25) is 0 Å². The van der Waals surface area contributed by atoms with E-state index in [-0.39, 0.29) is 25.0 Å². The van der Waals surface area contributed by atoms with Crippen LogP contribution in [0.25, 0.3) is 0 Å². The molecule has 2 saturated heterocycles. The average Bonchev–Trinajstić information content (AvgIpc) is 3.93. The number of ether oxygens (including phenoxy) is 1. The summed E-state index contributed by atoms with van der Waals surface area (Å²) < 4.78 is 7.93. The van der Waals surface area contributed by atoms with Crippen molar-refractivity contribution in [1.82, 2.24) is 14.7 Å². The van der Waals surface area contributed by atoms with Crippen LogP contribution in [0.5, 0.6) is 0 Å². The first kappa shape index (κ1) is 39.8. The summed E-state index contributed by atoms with van der Waals surface area (Å²) in [7, 11) is 0. The monoisotopic (exact) mass is 843 g/mol. The second-order valence-electron chi connectivity index (χ2n) is 20.3. The highest BCUT2D eigenvalue weighted by atomic mass is 32.2. The Morgan fingerprint density at radius 1 is 0.790 bits per heavy atom. The van der Waals surface area contributed by atoms with Crippen molar-refractivity contribution in [3.05, 3.63) is 147 Å². The van der Waals surface area contributed by atoms with Gasteiger partial charge in [0.25, 0.3) is 6.71 Å². The second-order valence-corrected chi connectivity index (χ2v) is 21.5. The minimum absolute atomic E-state index is 0.0141. The first-order valence-electron chi connectivity index (χ1n) is 25.2. The van der Waals surface area contributed by atoms with Crippen molar-refractivity contribution >= 4 is 24.2 Å². The predicted molar refractivity (Wildman–Crippen MR) is 259 cm³/mol. The summed E-state index contributed by atoms with van der Waals surface area (Å²) in [5, 5.41) is 0.435. The van der Waals surface area contributed by atoms with Gasteiger partial charge >= 0.3 is 0 Å². The average molecular weight is 843 g/mol. The zero-order chi connectivity index (χ0) is 41.1. The number of fused-ring (bicyclic) bond motifs is 5. The van der Waals surface area contributed by atoms with Crippen LogP contribution in [0.3, 0.4) is 0 Å². The van der Waals surface area contributed by atoms with E-state index in [2.05, 4.69) is 135 Å². The number of allylic oxidation sites excluding steroid dienone is 12. The fourth-order valence-corrected chi connectivity index (χ4v) is 15.4. The lowest BCUT2D eigenvalue weighted by atomic mass is 9.34. The molecule has 1 aromatic carbocycles. The molecule has 7 atom stereocenters. The van der Waals surface area contributed by atoms with Gasteiger partial charge in [-0.2, -0.15) is 0 Å². The normalized spacial score (nSPS) is 33.0. The Kier molecular flexibility index (Phi) is 10.9. The number of thioether (sulfide) groups is 1. The Hall–Kier alpha value is -3.81. The zero-order valence-electron chi connectivity index (χ0n) is 37.2. The lowest BCUT2D eigenvalue weighted by Crippen LogP contribution is -2.60. The van der Waals surface area contributed by atoms with Gasteiger partial charge in [-0.3, -0.25) is 0 Å². The molecule has 0 bridgehead atoms. The fraction of sp³-hybridized carbons (Fsp3) is 0.527. The highest BCUT2D eigenvalue weighted by Crippen LogP contribution is 2.60. The molecule has 7 aliphatic carbocycles. The van der Waals surface area contributed by atoms with E-state index in [9.17, 15) is 0 Å². The summed E-state index contributed by atoms with van der Waals surface area (Å²) in [5.74, 6) is 0.388. The van der Waals surface area contributed by atoms with Gasteiger partial charge in [0.15, 0.2) is 0 Å². The fourth-order valence-electron chi connectivity index (χ4n) is 13.8. The SMILES string of the molecule is CC1=CC(N2C3=C4B(C5=C2C2C=CC=CC2S5)C2OC(N(C5=CCCCC5)c5ccccc5)CC2N(C2=CCCCC2)C4=CC(N(C2=CCCC=C2)C2CCCCC2)C3)CCC1. The highest BCUT2D eigenvalue weighted by molar-refractivity contribution is 8.06. The molecule has 12 rings (SSSR count). The quantitative estimate of drug-likeness (QED) is 0.191. The van der Waals surface area contributed by atoms with Crippen molar-refractivity contribution in [2.45, 2.75) is 177 Å². The molecule has 0 aromatic heterocycles. The van der Waals surface area contributed by atoms with Crippen molar-refractivity contribution in [2.24, 2.45) is 5.92 Å². The zero-order valence-corrected chi connectivity index (χ0v) is 38.0. The molecule has 1 saturated carbocycles. The van der Waals surface area contributed by atoms with Gasteiger partial charge < -0.3 is 24.3 Å². The molecular formula is C55H67BN4OS. The van der Waals surface area contributed by atoms with E-state index in [1.165, 1.54) is 101 Å². The summed E-state index contributed by atoms with van der Waals surface area (Å²) in [4.78, 5) is 13.2. The molecule has 7 heteroatoms. The van der Waals surface area contributed by atoms with E-state index in [1.54, 1.807) is 38.6 Å². The lowest BCUT2D eigenvalue weighted by molar-refractivity contribution is 0.0712. The Bertz CT molecular complexity index is 2240. The summed E-state index contributed by atoms with van der Waals surface area (Å²) in [6, 6.07) is 12.9. The smallest absolute Gasteiger partial charge is 0.259 e. The van der Waals surface area contributed by atoms with Crippen molar-refractivity contribution in [1.29, 1.82) is 0 Å². The molecule has 4 aliphatic heterocycles. The largest absolute Gasteiger partial charge is 0.362 e. The van der Waals surface area contributed by atoms with Crippen molar-refractivity contribution in [3.63, 3.8) is 0 Å². The van der Waals surface area contributed by atoms with Crippen LogP contribution in [0, 0.1) is 5.92 Å². The van der Waals surface area contributed by atoms with Gasteiger partial charge in [-0.1, -0.05) is 97.7 Å². The number of rotatable bonds is 8. The van der Waals surface area contributed by atoms with Gasteiger partial charge in [0.1, 0.15) is 6.23 Å². The second kappa shape index (κ2) is 17.0. The topological polar surface area (TPSA) is 22.2 Å². The van der Waals surface area contributed by atoms with Gasteiger partial charge in [-0.25, -0.2) is 0 Å². The number of nitrogens with zero attached hydrogens (tertiary/aromatic N) is 4. The van der Waals surface area contributed by atoms with E-state index in [4.69, 9.17) is 4.74 Å². The number of anilines is 1. The van der Waals surface area contributed by atoms with Gasteiger partial charge in [-0.15, -0.1) is 11.8 Å². The van der Waals surface area contributed by atoms with E-state index in [0.29, 0.717) is 29.3 Å². The Morgan fingerprint density at radius 2 is 1.65 bits per heavy atom. The molecule has 322 valence electrons. The highest BCUT2D eigenvalue weighted by Gasteiger charge is 2.61. The summed E-state index contributed by atoms with van der Waals surface area (Å²) >= 11 is 2.19. The molecule has 0 spiro atoms. The molecule has 0 radical (unpaired) electrons. The predicted octanol–water partition coefficient (Wildman–Crippen LogP) is 13.0. The minimum atomic E-state index is -0.0141. The third-order valence-corrected chi connectivity index (χ3v) is 17.8. The molecule has 0 amide bonds. The van der Waals surface area contributed by atoms with Gasteiger partial charge in [0.05, 0.1) is 24.1 Å². The molecule has 1 aromatic rings. The number of benzene rings is 1. The van der Waals surface area contributed by atoms with Crippen molar-refractivity contribution in [2.75, 3.05) is 4.90 Å². The maximum absolute atomic E-state index is 7.93. The van der Waals surface area contributed by atoms with Gasteiger partial charge in [0, 0.05) is 69.9 Å². The number of para-hydroxylation sites is 1. The maximum Gasteiger partial charge on any atom is 0.259 e. The molecule has 0 N–H and O–H groups in total. The van der Waals surface area contributed by atoms with Crippen LogP contribution in [0.15, 0.2) is 147 Å². The maximum atomic E-state index is 7.93. The molecule has 62 heavy (non-hydrogen) atoms. The van der Waals surface area contributed by atoms with E-state index in [1.807, 2.05) is 0 Å². The lowest BCUT2D eigenvalue weighted by Gasteiger charge is -2.55. The molecule has 4 heterocycles. The van der Waals surface area contributed by atoms with Crippen LogP contribution < -0.4 is 4.90 Å². The van der Waals surface area contributed by atoms with Crippen molar-refractivity contribution < 1.29 is 4.74 Å². The minimum Gasteiger partial charge on any atom is -0.362 e. The standard InChI is InChI=1S/C55H67BN4OS/c1-38-20-19-31-44(34-38)60-48-36-45(57(39-21-7-2-8-22-39)40-23-9-3-10-24-40)35-47-52(48)56(55-53(60)46-32-17-18-33-50(46)62-55)54-49(59(47)43-29-15-6-16-30-43)37-51(61-54)58(41-25-11-4-12-26-41)42-27-13-5-14-28-42/h4,7,11-12,17-18,21-22,25-27,29,32-35,40,44-46,49-51,54H,2-3,5-6,8-10,13-16,19-20,23-24,28,30-31,36-37H2,1H3. The molecular weight excluding hydrogens is 776 g/mol. The molecule has 11 aliphatic rings. The third kappa shape index (κ3) is 6.93. The Labute approximate surface area is 376 Å². The van der Waals surface area contributed by atoms with Crippen LogP contribution in [-0.4, -0.2) is 63.1 Å². The molecule has 3 fully saturated rings. The summed E-state index contributed by atoms with van der Waals surface area (Å²) in [6.45, 7) is 2.64. The van der Waals surface area contributed by atoms with Crippen LogP contribution in [0.1, 0.15) is 135 Å². The number of hydrogen-bond acceptors (Lipinski definition) is 6. The Morgan fingerprint density at radius 3 is 2.44 bits per heavy atom. The summed E-state index contributed by atoms with van der Waals surface area (Å²) in [5.41, 5.74) is 13.8. The third-order valence-electron chi connectivity index (χ3n) is 16.4. The molecule has 5 nitrogen and oxygen atoms in total.